The molecule has 31 heavy (non-hydrogen) atoms. The summed E-state index contributed by atoms with van der Waals surface area (Å²) in [5.74, 6) is 1.38. The van der Waals surface area contributed by atoms with Crippen LogP contribution in [0.4, 0.5) is 5.69 Å². The number of amidine groups is 1. The predicted molar refractivity (Wildman–Crippen MR) is 127 cm³/mol. The van der Waals surface area contributed by atoms with E-state index >= 15 is 0 Å². The third-order valence-electron chi connectivity index (χ3n) is 4.41. The first-order valence-corrected chi connectivity index (χ1v) is 11.6. The number of hydrogen-bond acceptors (Lipinski definition) is 6. The SMILES string of the molecule is CCOc1ccc(N=C2S/C(=C/c3ccc(Sc4ccccc4)o3)C(=O)N2CC)cc1. The summed E-state index contributed by atoms with van der Waals surface area (Å²) >= 11 is 2.91. The number of aliphatic imine (C=N–C) groups is 1. The van der Waals surface area contributed by atoms with Crippen LogP contribution in [0.1, 0.15) is 19.6 Å². The van der Waals surface area contributed by atoms with Gasteiger partial charge in [-0.25, -0.2) is 4.99 Å². The van der Waals surface area contributed by atoms with Crippen molar-refractivity contribution in [2.75, 3.05) is 13.2 Å². The van der Waals surface area contributed by atoms with Crippen LogP contribution in [0.3, 0.4) is 0 Å². The van der Waals surface area contributed by atoms with Gasteiger partial charge >= 0.3 is 0 Å². The van der Waals surface area contributed by atoms with E-state index in [4.69, 9.17) is 9.15 Å². The van der Waals surface area contributed by atoms with Crippen molar-refractivity contribution >= 4 is 46.4 Å². The first kappa shape index (κ1) is 21.3. The lowest BCUT2D eigenvalue weighted by Crippen LogP contribution is -2.28. The number of rotatable bonds is 7. The third kappa shape index (κ3) is 5.24. The molecule has 1 saturated heterocycles. The van der Waals surface area contributed by atoms with Gasteiger partial charge in [-0.05, 0) is 74.1 Å². The van der Waals surface area contributed by atoms with Crippen molar-refractivity contribution in [1.82, 2.24) is 4.90 Å². The zero-order valence-electron chi connectivity index (χ0n) is 17.3. The molecule has 7 heteroatoms. The van der Waals surface area contributed by atoms with Gasteiger partial charge < -0.3 is 9.15 Å². The van der Waals surface area contributed by atoms with E-state index < -0.39 is 0 Å². The summed E-state index contributed by atoms with van der Waals surface area (Å²) in [7, 11) is 0. The number of likely N-dealkylation sites (N-methyl/N-ethyl adjacent to an activating group) is 1. The molecule has 0 radical (unpaired) electrons. The Hall–Kier alpha value is -2.90. The summed E-state index contributed by atoms with van der Waals surface area (Å²) in [4.78, 5) is 20.9. The molecular formula is C24H22N2O3S2. The summed E-state index contributed by atoms with van der Waals surface area (Å²) in [5.41, 5.74) is 0.776. The quantitative estimate of drug-likeness (QED) is 0.387. The fourth-order valence-corrected chi connectivity index (χ4v) is 4.81. The second kappa shape index (κ2) is 9.94. The minimum absolute atomic E-state index is 0.0640. The van der Waals surface area contributed by atoms with Crippen LogP contribution in [-0.4, -0.2) is 29.1 Å². The molecule has 2 heterocycles. The molecule has 0 bridgehead atoms. The van der Waals surface area contributed by atoms with Gasteiger partial charge in [0.05, 0.1) is 17.2 Å². The molecule has 1 amide bonds. The number of hydrogen-bond donors (Lipinski definition) is 0. The summed E-state index contributed by atoms with van der Waals surface area (Å²) in [5, 5.41) is 1.44. The molecule has 2 aromatic carbocycles. The molecule has 1 aromatic heterocycles. The second-order valence-electron chi connectivity index (χ2n) is 6.55. The number of amides is 1. The fraction of sp³-hybridized carbons (Fsp3) is 0.167. The average Bonchev–Trinajstić information content (AvgIpc) is 3.34. The molecule has 1 aliphatic heterocycles. The van der Waals surface area contributed by atoms with E-state index in [9.17, 15) is 4.79 Å². The van der Waals surface area contributed by atoms with Gasteiger partial charge in [-0.2, -0.15) is 0 Å². The lowest BCUT2D eigenvalue weighted by Gasteiger charge is -2.12. The van der Waals surface area contributed by atoms with Crippen LogP contribution in [0.2, 0.25) is 0 Å². The molecule has 0 unspecified atom stereocenters. The molecule has 1 aliphatic rings. The summed E-state index contributed by atoms with van der Waals surface area (Å²) in [6.45, 7) is 5.06. The fourth-order valence-electron chi connectivity index (χ4n) is 2.96. The van der Waals surface area contributed by atoms with Gasteiger partial charge in [0.2, 0.25) is 0 Å². The van der Waals surface area contributed by atoms with E-state index in [1.165, 1.54) is 11.8 Å². The molecular weight excluding hydrogens is 428 g/mol. The van der Waals surface area contributed by atoms with Crippen molar-refractivity contribution in [3.05, 3.63) is 77.4 Å². The van der Waals surface area contributed by atoms with Crippen LogP contribution in [0, 0.1) is 0 Å². The minimum atomic E-state index is -0.0640. The largest absolute Gasteiger partial charge is 0.494 e. The van der Waals surface area contributed by atoms with Gasteiger partial charge in [-0.1, -0.05) is 30.0 Å². The highest BCUT2D eigenvalue weighted by Gasteiger charge is 2.32. The Labute approximate surface area is 190 Å². The van der Waals surface area contributed by atoms with Crippen molar-refractivity contribution < 1.29 is 13.9 Å². The number of thioether (sulfide) groups is 1. The van der Waals surface area contributed by atoms with Gasteiger partial charge in [-0.15, -0.1) is 0 Å². The van der Waals surface area contributed by atoms with E-state index in [0.717, 1.165) is 21.4 Å². The van der Waals surface area contributed by atoms with Gasteiger partial charge in [0, 0.05) is 17.5 Å². The minimum Gasteiger partial charge on any atom is -0.494 e. The maximum Gasteiger partial charge on any atom is 0.266 e. The molecule has 0 spiro atoms. The standard InChI is InChI=1S/C24H22N2O3S2/c1-3-26-23(27)21(31-24(26)25-17-10-12-18(13-11-17)28-4-2)16-19-14-15-22(29-19)30-20-8-6-5-7-9-20/h5-16H,3-4H2,1-2H3/b21-16+,25-24?. The zero-order chi connectivity index (χ0) is 21.6. The topological polar surface area (TPSA) is 55.0 Å². The molecule has 0 N–H and O–H groups in total. The van der Waals surface area contributed by atoms with E-state index in [-0.39, 0.29) is 5.91 Å². The van der Waals surface area contributed by atoms with E-state index in [2.05, 4.69) is 4.99 Å². The molecule has 3 aromatic rings. The highest BCUT2D eigenvalue weighted by molar-refractivity contribution is 8.18. The van der Waals surface area contributed by atoms with E-state index in [1.54, 1.807) is 22.7 Å². The van der Waals surface area contributed by atoms with Gasteiger partial charge in [0.15, 0.2) is 10.3 Å². The Bertz CT molecular complexity index is 1110. The normalized spacial score (nSPS) is 16.5. The summed E-state index contributed by atoms with van der Waals surface area (Å²) < 4.78 is 11.4. The molecule has 0 atom stereocenters. The van der Waals surface area contributed by atoms with Gasteiger partial charge in [-0.3, -0.25) is 9.69 Å². The first-order chi connectivity index (χ1) is 15.2. The highest BCUT2D eigenvalue weighted by atomic mass is 32.2. The monoisotopic (exact) mass is 450 g/mol. The number of benzene rings is 2. The van der Waals surface area contributed by atoms with E-state index in [1.807, 2.05) is 80.6 Å². The van der Waals surface area contributed by atoms with E-state index in [0.29, 0.717) is 29.0 Å². The smallest absolute Gasteiger partial charge is 0.266 e. The Morgan fingerprint density at radius 1 is 1.06 bits per heavy atom. The summed E-state index contributed by atoms with van der Waals surface area (Å²) in [6, 6.07) is 21.4. The van der Waals surface area contributed by atoms with Crippen LogP contribution in [0.5, 0.6) is 5.75 Å². The second-order valence-corrected chi connectivity index (χ2v) is 8.64. The lowest BCUT2D eigenvalue weighted by atomic mass is 10.3. The molecule has 4 rings (SSSR count). The third-order valence-corrected chi connectivity index (χ3v) is 6.35. The lowest BCUT2D eigenvalue weighted by molar-refractivity contribution is -0.122. The number of carbonyl (C=O) groups excluding carboxylic acids is 1. The van der Waals surface area contributed by atoms with Crippen molar-refractivity contribution in [3.8, 4) is 5.75 Å². The molecule has 5 nitrogen and oxygen atoms in total. The summed E-state index contributed by atoms with van der Waals surface area (Å²) in [6.07, 6.45) is 1.78. The highest BCUT2D eigenvalue weighted by Crippen LogP contribution is 2.35. The number of furan rings is 1. The van der Waals surface area contributed by atoms with Crippen LogP contribution < -0.4 is 4.74 Å². The van der Waals surface area contributed by atoms with Crippen LogP contribution in [0.15, 0.2) is 91.0 Å². The predicted octanol–water partition coefficient (Wildman–Crippen LogP) is 6.45. The van der Waals surface area contributed by atoms with Crippen LogP contribution >= 0.6 is 23.5 Å². The molecule has 158 valence electrons. The van der Waals surface area contributed by atoms with Crippen molar-refractivity contribution in [3.63, 3.8) is 0 Å². The van der Waals surface area contributed by atoms with Crippen molar-refractivity contribution in [2.24, 2.45) is 4.99 Å². The Kier molecular flexibility index (Phi) is 6.84. The number of carbonyl (C=O) groups is 1. The van der Waals surface area contributed by atoms with Crippen molar-refractivity contribution in [2.45, 2.75) is 23.8 Å². The van der Waals surface area contributed by atoms with Crippen LogP contribution in [0.25, 0.3) is 6.08 Å². The Balaban J connectivity index is 1.52. The van der Waals surface area contributed by atoms with Gasteiger partial charge in [0.25, 0.3) is 5.91 Å². The Morgan fingerprint density at radius 3 is 2.55 bits per heavy atom. The number of nitrogens with zero attached hydrogens (tertiary/aromatic N) is 2. The number of ether oxygens (including phenoxy) is 1. The maximum absolute atomic E-state index is 12.9. The zero-order valence-corrected chi connectivity index (χ0v) is 18.9. The molecule has 0 saturated carbocycles. The van der Waals surface area contributed by atoms with Crippen molar-refractivity contribution in [1.29, 1.82) is 0 Å². The molecule has 0 aliphatic carbocycles. The maximum atomic E-state index is 12.9. The van der Waals surface area contributed by atoms with Gasteiger partial charge in [0.1, 0.15) is 11.5 Å². The van der Waals surface area contributed by atoms with Crippen LogP contribution in [-0.2, 0) is 4.79 Å². The first-order valence-electron chi connectivity index (χ1n) is 10.0. The molecule has 1 fully saturated rings. The average molecular weight is 451 g/mol. The Morgan fingerprint density at radius 2 is 1.84 bits per heavy atom.